The summed E-state index contributed by atoms with van der Waals surface area (Å²) in [6.07, 6.45) is 2.28. The third-order valence-electron chi connectivity index (χ3n) is 3.18. The quantitative estimate of drug-likeness (QED) is 0.744. The molecule has 3 aromatic rings. The van der Waals surface area contributed by atoms with Crippen LogP contribution in [-0.4, -0.2) is 27.2 Å². The van der Waals surface area contributed by atoms with Crippen molar-refractivity contribution in [3.8, 4) is 23.2 Å². The number of nitrogens with zero attached hydrogens (tertiary/aromatic N) is 3. The summed E-state index contributed by atoms with van der Waals surface area (Å²) in [5, 5.41) is 18.0. The Morgan fingerprint density at radius 3 is 2.83 bits per heavy atom. The van der Waals surface area contributed by atoms with Gasteiger partial charge in [-0.15, -0.1) is 5.10 Å². The molecule has 2 heterocycles. The molecule has 2 N–H and O–H groups in total. The van der Waals surface area contributed by atoms with Crippen LogP contribution in [0.1, 0.15) is 12.5 Å². The van der Waals surface area contributed by atoms with Crippen molar-refractivity contribution < 1.29 is 13.9 Å². The number of anilines is 1. The molecule has 0 aliphatic rings. The number of aromatic nitrogens is 3. The van der Waals surface area contributed by atoms with Crippen molar-refractivity contribution in [1.29, 1.82) is 5.26 Å². The van der Waals surface area contributed by atoms with E-state index in [-0.39, 0.29) is 5.95 Å². The van der Waals surface area contributed by atoms with E-state index in [4.69, 9.17) is 14.4 Å². The Bertz CT molecular complexity index is 862. The van der Waals surface area contributed by atoms with Crippen molar-refractivity contribution in [2.24, 2.45) is 0 Å². The predicted octanol–water partition coefficient (Wildman–Crippen LogP) is 2.34. The van der Waals surface area contributed by atoms with Crippen LogP contribution in [0.5, 0.6) is 5.75 Å². The molecule has 1 aromatic carbocycles. The number of amides is 1. The average Bonchev–Trinajstić information content (AvgIpc) is 3.26. The molecule has 0 radical (unpaired) electrons. The number of carbonyl (C=O) groups excluding carboxylic acids is 1. The van der Waals surface area contributed by atoms with E-state index in [0.29, 0.717) is 17.1 Å². The van der Waals surface area contributed by atoms with Crippen LogP contribution in [0.15, 0.2) is 47.3 Å². The maximum atomic E-state index is 12.1. The second-order valence-corrected chi connectivity index (χ2v) is 4.91. The number of nitriles is 1. The van der Waals surface area contributed by atoms with E-state index >= 15 is 0 Å². The number of hydrogen-bond donors (Lipinski definition) is 2. The summed E-state index contributed by atoms with van der Waals surface area (Å²) in [6, 6.07) is 10.2. The van der Waals surface area contributed by atoms with Crippen molar-refractivity contribution in [3.05, 3.63) is 48.4 Å². The molecule has 1 atom stereocenters. The van der Waals surface area contributed by atoms with Gasteiger partial charge in [0.15, 0.2) is 11.9 Å². The zero-order chi connectivity index (χ0) is 16.9. The maximum absolute atomic E-state index is 12.1. The number of hydrogen-bond acceptors (Lipinski definition) is 6. The molecule has 0 bridgehead atoms. The topological polar surface area (TPSA) is 117 Å². The number of nitrogens with one attached hydrogen (secondary N) is 2. The standard InChI is InChI=1S/C16H13N5O3/c1-10(24-13-4-2-11(8-17)3-5-13)15(22)19-16-18-14(20-21-16)12-6-7-23-9-12/h2-7,9-10H,1H3,(H2,18,19,20,21,22)/t10-/m1/s1. The van der Waals surface area contributed by atoms with E-state index in [2.05, 4.69) is 20.5 Å². The highest BCUT2D eigenvalue weighted by molar-refractivity contribution is 5.92. The Labute approximate surface area is 137 Å². The van der Waals surface area contributed by atoms with Gasteiger partial charge in [0, 0.05) is 0 Å². The molecule has 120 valence electrons. The molecular weight excluding hydrogens is 310 g/mol. The Balaban J connectivity index is 1.60. The normalized spacial score (nSPS) is 11.5. The molecule has 24 heavy (non-hydrogen) atoms. The molecule has 1 amide bonds. The second kappa shape index (κ2) is 6.66. The fourth-order valence-corrected chi connectivity index (χ4v) is 1.92. The Hall–Kier alpha value is -3.60. The van der Waals surface area contributed by atoms with Crippen molar-refractivity contribution in [1.82, 2.24) is 15.2 Å². The fourth-order valence-electron chi connectivity index (χ4n) is 1.92. The number of aromatic amines is 1. The van der Waals surface area contributed by atoms with Gasteiger partial charge < -0.3 is 9.15 Å². The molecule has 8 heteroatoms. The first kappa shape index (κ1) is 15.3. The van der Waals surface area contributed by atoms with Gasteiger partial charge in [-0.1, -0.05) is 0 Å². The van der Waals surface area contributed by atoms with E-state index in [1.165, 1.54) is 12.5 Å². The molecule has 0 fully saturated rings. The van der Waals surface area contributed by atoms with Crippen molar-refractivity contribution >= 4 is 11.9 Å². The largest absolute Gasteiger partial charge is 0.481 e. The lowest BCUT2D eigenvalue weighted by Gasteiger charge is -2.13. The lowest BCUT2D eigenvalue weighted by molar-refractivity contribution is -0.122. The molecule has 0 unspecified atom stereocenters. The third kappa shape index (κ3) is 3.41. The molecule has 0 aliphatic carbocycles. The van der Waals surface area contributed by atoms with E-state index in [1.54, 1.807) is 37.3 Å². The molecule has 0 spiro atoms. The van der Waals surface area contributed by atoms with Gasteiger partial charge in [0.25, 0.3) is 5.91 Å². The highest BCUT2D eigenvalue weighted by Gasteiger charge is 2.17. The summed E-state index contributed by atoms with van der Waals surface area (Å²) in [4.78, 5) is 16.3. The summed E-state index contributed by atoms with van der Waals surface area (Å²) < 4.78 is 10.5. The summed E-state index contributed by atoms with van der Waals surface area (Å²) in [6.45, 7) is 1.61. The van der Waals surface area contributed by atoms with Crippen molar-refractivity contribution in [2.45, 2.75) is 13.0 Å². The van der Waals surface area contributed by atoms with Gasteiger partial charge in [0.2, 0.25) is 5.95 Å². The summed E-state index contributed by atoms with van der Waals surface area (Å²) >= 11 is 0. The second-order valence-electron chi connectivity index (χ2n) is 4.91. The van der Waals surface area contributed by atoms with Gasteiger partial charge in [0.05, 0.1) is 23.5 Å². The summed E-state index contributed by atoms with van der Waals surface area (Å²) in [5.41, 5.74) is 1.25. The SMILES string of the molecule is C[C@@H](Oc1ccc(C#N)cc1)C(=O)Nc1n[nH]c(-c2ccoc2)n1. The van der Waals surface area contributed by atoms with Gasteiger partial charge in [-0.25, -0.2) is 0 Å². The van der Waals surface area contributed by atoms with Gasteiger partial charge >= 0.3 is 0 Å². The molecule has 0 saturated heterocycles. The first-order valence-corrected chi connectivity index (χ1v) is 7.08. The Morgan fingerprint density at radius 2 is 2.17 bits per heavy atom. The highest BCUT2D eigenvalue weighted by Crippen LogP contribution is 2.17. The van der Waals surface area contributed by atoms with E-state index in [0.717, 1.165) is 5.56 Å². The van der Waals surface area contributed by atoms with Gasteiger partial charge in [-0.05, 0) is 37.3 Å². The van der Waals surface area contributed by atoms with Crippen molar-refractivity contribution in [3.63, 3.8) is 0 Å². The molecule has 2 aromatic heterocycles. The molecule has 3 rings (SSSR count). The monoisotopic (exact) mass is 323 g/mol. The third-order valence-corrected chi connectivity index (χ3v) is 3.18. The minimum Gasteiger partial charge on any atom is -0.481 e. The van der Waals surface area contributed by atoms with E-state index in [9.17, 15) is 4.79 Å². The summed E-state index contributed by atoms with van der Waals surface area (Å²) in [7, 11) is 0. The van der Waals surface area contributed by atoms with Crippen LogP contribution >= 0.6 is 0 Å². The number of furan rings is 1. The van der Waals surface area contributed by atoms with Crippen LogP contribution < -0.4 is 10.1 Å². The highest BCUT2D eigenvalue weighted by atomic mass is 16.5. The number of H-pyrrole nitrogens is 1. The zero-order valence-corrected chi connectivity index (χ0v) is 12.7. The Kier molecular flexibility index (Phi) is 4.25. The van der Waals surface area contributed by atoms with Crippen LogP contribution in [-0.2, 0) is 4.79 Å². The predicted molar refractivity (Wildman–Crippen MR) is 84.0 cm³/mol. The van der Waals surface area contributed by atoms with Crippen LogP contribution in [0.2, 0.25) is 0 Å². The van der Waals surface area contributed by atoms with Gasteiger partial charge in [0.1, 0.15) is 12.0 Å². The van der Waals surface area contributed by atoms with Crippen LogP contribution in [0.4, 0.5) is 5.95 Å². The van der Waals surface area contributed by atoms with Crippen LogP contribution in [0, 0.1) is 11.3 Å². The molecule has 0 aliphatic heterocycles. The lowest BCUT2D eigenvalue weighted by Crippen LogP contribution is -2.30. The minimum atomic E-state index is -0.756. The average molecular weight is 323 g/mol. The molecular formula is C16H13N5O3. The zero-order valence-electron chi connectivity index (χ0n) is 12.7. The maximum Gasteiger partial charge on any atom is 0.267 e. The first-order valence-electron chi connectivity index (χ1n) is 7.08. The summed E-state index contributed by atoms with van der Waals surface area (Å²) in [5.74, 6) is 0.731. The smallest absolute Gasteiger partial charge is 0.267 e. The van der Waals surface area contributed by atoms with Crippen molar-refractivity contribution in [2.75, 3.05) is 5.32 Å². The molecule has 8 nitrogen and oxygen atoms in total. The van der Waals surface area contributed by atoms with Gasteiger partial charge in [-0.3, -0.25) is 15.2 Å². The van der Waals surface area contributed by atoms with Gasteiger partial charge in [-0.2, -0.15) is 10.2 Å². The van der Waals surface area contributed by atoms with Crippen LogP contribution in [0.25, 0.3) is 11.4 Å². The first-order chi connectivity index (χ1) is 11.7. The number of benzene rings is 1. The molecule has 0 saturated carbocycles. The lowest BCUT2D eigenvalue weighted by atomic mass is 10.2. The fraction of sp³-hybridized carbons (Fsp3) is 0.125. The Morgan fingerprint density at radius 1 is 1.38 bits per heavy atom. The number of rotatable bonds is 5. The van der Waals surface area contributed by atoms with E-state index < -0.39 is 12.0 Å². The minimum absolute atomic E-state index is 0.145. The number of carbonyl (C=O) groups is 1. The van der Waals surface area contributed by atoms with E-state index in [1.807, 2.05) is 6.07 Å². The van der Waals surface area contributed by atoms with Crippen LogP contribution in [0.3, 0.4) is 0 Å². The number of ether oxygens (including phenoxy) is 1.